The van der Waals surface area contributed by atoms with Gasteiger partial charge in [-0.3, -0.25) is 4.79 Å². The Kier molecular flexibility index (Phi) is 3.49. The highest BCUT2D eigenvalue weighted by Gasteiger charge is 2.08. The van der Waals surface area contributed by atoms with Crippen LogP contribution in [0.15, 0.2) is 34.8 Å². The molecule has 1 aromatic carbocycles. The Labute approximate surface area is 107 Å². The third kappa shape index (κ3) is 2.50. The molecule has 2 aromatic rings. The fourth-order valence-electron chi connectivity index (χ4n) is 1.43. The van der Waals surface area contributed by atoms with E-state index in [1.165, 1.54) is 0 Å². The van der Waals surface area contributed by atoms with E-state index in [0.29, 0.717) is 23.4 Å². The average Bonchev–Trinajstić information content (AvgIpc) is 2.39. The van der Waals surface area contributed by atoms with Gasteiger partial charge in [0.2, 0.25) is 0 Å². The minimum absolute atomic E-state index is 0.308. The molecule has 0 radical (unpaired) electrons. The fraction of sp³-hybridized carbons (Fsp3) is 0.0833. The Morgan fingerprint density at radius 2 is 2.06 bits per heavy atom. The first-order valence-corrected chi connectivity index (χ1v) is 5.66. The summed E-state index contributed by atoms with van der Waals surface area (Å²) in [4.78, 5) is 10.5. The van der Waals surface area contributed by atoms with E-state index in [1.807, 2.05) is 18.2 Å². The van der Waals surface area contributed by atoms with Crippen LogP contribution in [-0.2, 0) is 0 Å². The largest absolute Gasteiger partial charge is 0.496 e. The molecule has 0 unspecified atom stereocenters. The predicted molar refractivity (Wildman–Crippen MR) is 67.1 cm³/mol. The highest BCUT2D eigenvalue weighted by atomic mass is 79.9. The average molecular weight is 293 g/mol. The summed E-state index contributed by atoms with van der Waals surface area (Å²) in [6.07, 6.45) is 0.662. The summed E-state index contributed by atoms with van der Waals surface area (Å²) in [5, 5.41) is 7.78. The van der Waals surface area contributed by atoms with Crippen LogP contribution in [0.25, 0.3) is 11.3 Å². The summed E-state index contributed by atoms with van der Waals surface area (Å²) in [5.74, 6) is 0.710. The lowest BCUT2D eigenvalue weighted by Crippen LogP contribution is -1.94. The molecule has 86 valence electrons. The molecule has 0 amide bonds. The van der Waals surface area contributed by atoms with Gasteiger partial charge in [-0.25, -0.2) is 0 Å². The Balaban J connectivity index is 2.50. The van der Waals surface area contributed by atoms with Crippen LogP contribution >= 0.6 is 15.9 Å². The lowest BCUT2D eigenvalue weighted by Gasteiger charge is -2.07. The number of aldehydes is 1. The normalized spacial score (nSPS) is 10.0. The van der Waals surface area contributed by atoms with Crippen molar-refractivity contribution in [2.75, 3.05) is 7.11 Å². The number of methoxy groups -OCH3 is 1. The molecule has 0 fully saturated rings. The van der Waals surface area contributed by atoms with Gasteiger partial charge in [0.25, 0.3) is 0 Å². The molecule has 0 aliphatic rings. The van der Waals surface area contributed by atoms with Gasteiger partial charge in [0.05, 0.1) is 12.8 Å². The Morgan fingerprint density at radius 1 is 1.24 bits per heavy atom. The van der Waals surface area contributed by atoms with Crippen molar-refractivity contribution in [1.82, 2.24) is 10.2 Å². The quantitative estimate of drug-likeness (QED) is 0.816. The van der Waals surface area contributed by atoms with Crippen molar-refractivity contribution in [2.45, 2.75) is 0 Å². The summed E-state index contributed by atoms with van der Waals surface area (Å²) < 4.78 is 6.18. The van der Waals surface area contributed by atoms with Gasteiger partial charge < -0.3 is 4.74 Å². The minimum atomic E-state index is 0.308. The highest BCUT2D eigenvalue weighted by Crippen LogP contribution is 2.30. The van der Waals surface area contributed by atoms with Crippen molar-refractivity contribution in [3.63, 3.8) is 0 Å². The Hall–Kier alpha value is -1.75. The number of carbonyl (C=O) groups excluding carboxylic acids is 1. The van der Waals surface area contributed by atoms with Crippen molar-refractivity contribution in [3.05, 3.63) is 40.5 Å². The maximum absolute atomic E-state index is 10.5. The van der Waals surface area contributed by atoms with E-state index in [4.69, 9.17) is 4.74 Å². The standard InChI is InChI=1S/C12H9BrN2O2/c1-17-12-5-2-8(13)6-10(12)11-4-3-9(7-16)14-15-11/h2-7H,1H3. The molecule has 0 bridgehead atoms. The molecule has 5 heteroatoms. The van der Waals surface area contributed by atoms with Crippen molar-refractivity contribution in [1.29, 1.82) is 0 Å². The van der Waals surface area contributed by atoms with E-state index >= 15 is 0 Å². The second kappa shape index (κ2) is 5.05. The van der Waals surface area contributed by atoms with Crippen LogP contribution in [0.2, 0.25) is 0 Å². The van der Waals surface area contributed by atoms with Gasteiger partial charge in [0, 0.05) is 10.0 Å². The number of benzene rings is 1. The molecule has 1 aromatic heterocycles. The van der Waals surface area contributed by atoms with E-state index in [9.17, 15) is 4.79 Å². The van der Waals surface area contributed by atoms with Gasteiger partial charge in [-0.05, 0) is 30.3 Å². The van der Waals surface area contributed by atoms with Crippen LogP contribution in [-0.4, -0.2) is 23.6 Å². The van der Waals surface area contributed by atoms with Crippen molar-refractivity contribution in [2.24, 2.45) is 0 Å². The zero-order chi connectivity index (χ0) is 12.3. The third-order valence-electron chi connectivity index (χ3n) is 2.24. The van der Waals surface area contributed by atoms with Gasteiger partial charge in [0.1, 0.15) is 11.4 Å². The molecule has 4 nitrogen and oxygen atoms in total. The number of nitrogens with zero attached hydrogens (tertiary/aromatic N) is 2. The highest BCUT2D eigenvalue weighted by molar-refractivity contribution is 9.10. The second-order valence-corrected chi connectivity index (χ2v) is 4.22. The zero-order valence-electron chi connectivity index (χ0n) is 9.05. The van der Waals surface area contributed by atoms with E-state index in [0.717, 1.165) is 10.0 Å². The molecular formula is C12H9BrN2O2. The fourth-order valence-corrected chi connectivity index (χ4v) is 1.79. The Bertz CT molecular complexity index is 541. The third-order valence-corrected chi connectivity index (χ3v) is 2.74. The molecule has 0 saturated carbocycles. The van der Waals surface area contributed by atoms with Gasteiger partial charge in [-0.2, -0.15) is 0 Å². The summed E-state index contributed by atoms with van der Waals surface area (Å²) in [6.45, 7) is 0. The molecule has 17 heavy (non-hydrogen) atoms. The van der Waals surface area contributed by atoms with Crippen molar-refractivity contribution in [3.8, 4) is 17.0 Å². The van der Waals surface area contributed by atoms with Crippen molar-refractivity contribution < 1.29 is 9.53 Å². The first-order valence-electron chi connectivity index (χ1n) is 4.87. The number of hydrogen-bond acceptors (Lipinski definition) is 4. The minimum Gasteiger partial charge on any atom is -0.496 e. The summed E-state index contributed by atoms with van der Waals surface area (Å²) >= 11 is 3.39. The monoisotopic (exact) mass is 292 g/mol. The lowest BCUT2D eigenvalue weighted by atomic mass is 10.1. The molecule has 0 saturated heterocycles. The SMILES string of the molecule is COc1ccc(Br)cc1-c1ccc(C=O)nn1. The molecule has 0 spiro atoms. The zero-order valence-corrected chi connectivity index (χ0v) is 10.6. The number of rotatable bonds is 3. The summed E-state index contributed by atoms with van der Waals surface area (Å²) in [6, 6.07) is 8.98. The van der Waals surface area contributed by atoms with Gasteiger partial charge >= 0.3 is 0 Å². The second-order valence-electron chi connectivity index (χ2n) is 3.31. The molecule has 0 aliphatic heterocycles. The molecule has 0 atom stereocenters. The number of ether oxygens (including phenoxy) is 1. The van der Waals surface area contributed by atoms with Gasteiger partial charge in [-0.1, -0.05) is 15.9 Å². The van der Waals surface area contributed by atoms with Crippen LogP contribution in [0.3, 0.4) is 0 Å². The van der Waals surface area contributed by atoms with E-state index in [-0.39, 0.29) is 0 Å². The number of hydrogen-bond donors (Lipinski definition) is 0. The van der Waals surface area contributed by atoms with Gasteiger partial charge in [0.15, 0.2) is 6.29 Å². The first kappa shape index (κ1) is 11.7. The molecule has 2 rings (SSSR count). The van der Waals surface area contributed by atoms with Crippen LogP contribution in [0, 0.1) is 0 Å². The van der Waals surface area contributed by atoms with Crippen LogP contribution in [0.1, 0.15) is 10.5 Å². The van der Waals surface area contributed by atoms with Crippen LogP contribution in [0.4, 0.5) is 0 Å². The number of carbonyl (C=O) groups is 1. The smallest absolute Gasteiger partial charge is 0.170 e. The summed E-state index contributed by atoms with van der Waals surface area (Å²) in [5.41, 5.74) is 1.79. The van der Waals surface area contributed by atoms with Crippen LogP contribution in [0.5, 0.6) is 5.75 Å². The summed E-state index contributed by atoms with van der Waals surface area (Å²) in [7, 11) is 1.60. The molecule has 0 N–H and O–H groups in total. The van der Waals surface area contributed by atoms with E-state index in [2.05, 4.69) is 26.1 Å². The number of halogens is 1. The van der Waals surface area contributed by atoms with E-state index in [1.54, 1.807) is 19.2 Å². The molecule has 1 heterocycles. The lowest BCUT2D eigenvalue weighted by molar-refractivity contribution is 0.111. The van der Waals surface area contributed by atoms with E-state index < -0.39 is 0 Å². The molecule has 0 aliphatic carbocycles. The van der Waals surface area contributed by atoms with Crippen LogP contribution < -0.4 is 4.74 Å². The predicted octanol–water partition coefficient (Wildman–Crippen LogP) is 2.73. The first-order chi connectivity index (χ1) is 8.24. The Morgan fingerprint density at radius 3 is 2.65 bits per heavy atom. The topological polar surface area (TPSA) is 52.1 Å². The van der Waals surface area contributed by atoms with Crippen molar-refractivity contribution >= 4 is 22.2 Å². The maximum Gasteiger partial charge on any atom is 0.170 e. The maximum atomic E-state index is 10.5. The molecular weight excluding hydrogens is 284 g/mol. The number of aromatic nitrogens is 2. The van der Waals surface area contributed by atoms with Gasteiger partial charge in [-0.15, -0.1) is 10.2 Å².